The number of rotatable bonds is 5. The number of fused-ring (bicyclic) bond motifs is 1. The lowest BCUT2D eigenvalue weighted by Crippen LogP contribution is -2.08. The number of nitrogens with zero attached hydrogens (tertiary/aromatic N) is 3. The fraction of sp³-hybridized carbons (Fsp3) is 0.167. The number of aromatic nitrogens is 3. The zero-order valence-corrected chi connectivity index (χ0v) is 12.8. The molecule has 3 aromatic rings. The average Bonchev–Trinajstić information content (AvgIpc) is 2.99. The zero-order valence-electron chi connectivity index (χ0n) is 12.8. The number of para-hydroxylation sites is 1. The standard InChI is InChI=1S/C18H17N3O2/c1-2-7-18(22)23-13-12-14-8-3-6-11-17(14)21-19-15-9-4-5-10-16(15)20-21/h2-11H,12-13H2,1H3. The van der Waals surface area contributed by atoms with Crippen molar-refractivity contribution in [3.05, 3.63) is 66.2 Å². The van der Waals surface area contributed by atoms with Gasteiger partial charge in [-0.05, 0) is 30.7 Å². The lowest BCUT2D eigenvalue weighted by Gasteiger charge is -2.08. The highest BCUT2D eigenvalue weighted by Crippen LogP contribution is 2.16. The van der Waals surface area contributed by atoms with Crippen LogP contribution in [-0.4, -0.2) is 27.6 Å². The molecule has 0 saturated carbocycles. The van der Waals surface area contributed by atoms with E-state index in [9.17, 15) is 4.79 Å². The first-order chi connectivity index (χ1) is 11.3. The molecule has 5 nitrogen and oxygen atoms in total. The molecule has 0 atom stereocenters. The molecule has 0 N–H and O–H groups in total. The van der Waals surface area contributed by atoms with Crippen LogP contribution in [0.1, 0.15) is 12.5 Å². The highest BCUT2D eigenvalue weighted by atomic mass is 16.5. The summed E-state index contributed by atoms with van der Waals surface area (Å²) in [5.74, 6) is -0.326. The molecule has 0 fully saturated rings. The van der Waals surface area contributed by atoms with Gasteiger partial charge in [-0.2, -0.15) is 4.80 Å². The van der Waals surface area contributed by atoms with Crippen molar-refractivity contribution in [1.29, 1.82) is 0 Å². The zero-order chi connectivity index (χ0) is 16.1. The number of hydrogen-bond donors (Lipinski definition) is 0. The van der Waals surface area contributed by atoms with Gasteiger partial charge in [-0.25, -0.2) is 4.79 Å². The van der Waals surface area contributed by atoms with Gasteiger partial charge in [0.1, 0.15) is 11.0 Å². The van der Waals surface area contributed by atoms with Crippen molar-refractivity contribution in [3.63, 3.8) is 0 Å². The third-order valence-electron chi connectivity index (χ3n) is 3.41. The molecule has 5 heteroatoms. The predicted octanol–water partition coefficient (Wildman–Crippen LogP) is 3.08. The number of benzene rings is 2. The van der Waals surface area contributed by atoms with E-state index >= 15 is 0 Å². The number of esters is 1. The molecule has 0 spiro atoms. The second kappa shape index (κ2) is 6.87. The highest BCUT2D eigenvalue weighted by Gasteiger charge is 2.09. The minimum atomic E-state index is -0.326. The van der Waals surface area contributed by atoms with Crippen molar-refractivity contribution in [2.24, 2.45) is 0 Å². The Bertz CT molecular complexity index is 819. The quantitative estimate of drug-likeness (QED) is 0.537. The lowest BCUT2D eigenvalue weighted by atomic mass is 10.1. The fourth-order valence-electron chi connectivity index (χ4n) is 2.33. The van der Waals surface area contributed by atoms with E-state index in [1.54, 1.807) is 17.8 Å². The van der Waals surface area contributed by atoms with Crippen molar-refractivity contribution in [2.45, 2.75) is 13.3 Å². The normalized spacial score (nSPS) is 11.2. The van der Waals surface area contributed by atoms with Crippen LogP contribution >= 0.6 is 0 Å². The van der Waals surface area contributed by atoms with Crippen molar-refractivity contribution >= 4 is 17.0 Å². The van der Waals surface area contributed by atoms with E-state index in [1.807, 2.05) is 48.5 Å². The molecule has 0 bridgehead atoms. The third-order valence-corrected chi connectivity index (χ3v) is 3.41. The molecule has 0 aliphatic carbocycles. The van der Waals surface area contributed by atoms with Gasteiger partial charge < -0.3 is 4.74 Å². The van der Waals surface area contributed by atoms with E-state index in [1.165, 1.54) is 6.08 Å². The van der Waals surface area contributed by atoms with Crippen LogP contribution in [0, 0.1) is 0 Å². The topological polar surface area (TPSA) is 57.0 Å². The molecule has 0 radical (unpaired) electrons. The van der Waals surface area contributed by atoms with Crippen LogP contribution in [0.5, 0.6) is 0 Å². The maximum absolute atomic E-state index is 11.4. The molecule has 0 saturated heterocycles. The molecular weight excluding hydrogens is 290 g/mol. The van der Waals surface area contributed by atoms with E-state index in [0.717, 1.165) is 22.3 Å². The van der Waals surface area contributed by atoms with Gasteiger partial charge in [0.2, 0.25) is 0 Å². The summed E-state index contributed by atoms with van der Waals surface area (Å²) in [4.78, 5) is 13.0. The molecule has 3 rings (SSSR count). The minimum absolute atomic E-state index is 0.320. The fourth-order valence-corrected chi connectivity index (χ4v) is 2.33. The molecule has 0 unspecified atom stereocenters. The van der Waals surface area contributed by atoms with E-state index in [0.29, 0.717) is 13.0 Å². The average molecular weight is 307 g/mol. The van der Waals surface area contributed by atoms with Crippen LogP contribution in [0.4, 0.5) is 0 Å². The number of allylic oxidation sites excluding steroid dienone is 1. The van der Waals surface area contributed by atoms with Crippen molar-refractivity contribution in [3.8, 4) is 5.69 Å². The SMILES string of the molecule is CC=CC(=O)OCCc1ccccc1-n1nc2ccccc2n1. The molecule has 23 heavy (non-hydrogen) atoms. The molecule has 0 aliphatic rings. The van der Waals surface area contributed by atoms with Crippen LogP contribution in [0.25, 0.3) is 16.7 Å². The largest absolute Gasteiger partial charge is 0.462 e. The smallest absolute Gasteiger partial charge is 0.330 e. The van der Waals surface area contributed by atoms with Crippen LogP contribution in [0.2, 0.25) is 0 Å². The van der Waals surface area contributed by atoms with Gasteiger partial charge >= 0.3 is 5.97 Å². The van der Waals surface area contributed by atoms with Gasteiger partial charge in [-0.1, -0.05) is 36.4 Å². The lowest BCUT2D eigenvalue weighted by molar-refractivity contribution is -0.137. The Balaban J connectivity index is 1.81. The Morgan fingerprint density at radius 1 is 1.09 bits per heavy atom. The van der Waals surface area contributed by atoms with Crippen molar-refractivity contribution in [1.82, 2.24) is 15.0 Å². The van der Waals surface area contributed by atoms with Crippen LogP contribution in [-0.2, 0) is 16.0 Å². The molecular formula is C18H17N3O2. The number of carbonyl (C=O) groups is 1. The van der Waals surface area contributed by atoms with E-state index in [4.69, 9.17) is 4.74 Å². The maximum Gasteiger partial charge on any atom is 0.330 e. The van der Waals surface area contributed by atoms with E-state index < -0.39 is 0 Å². The number of ether oxygens (including phenoxy) is 1. The number of hydrogen-bond acceptors (Lipinski definition) is 4. The Hall–Kier alpha value is -2.95. The first-order valence-corrected chi connectivity index (χ1v) is 7.48. The highest BCUT2D eigenvalue weighted by molar-refractivity contribution is 5.81. The Labute approximate surface area is 134 Å². The monoisotopic (exact) mass is 307 g/mol. The summed E-state index contributed by atoms with van der Waals surface area (Å²) in [7, 11) is 0. The Kier molecular flexibility index (Phi) is 4.47. The van der Waals surface area contributed by atoms with Gasteiger partial charge in [-0.3, -0.25) is 0 Å². The summed E-state index contributed by atoms with van der Waals surface area (Å²) < 4.78 is 5.16. The molecule has 2 aromatic carbocycles. The van der Waals surface area contributed by atoms with Crippen LogP contribution < -0.4 is 0 Å². The van der Waals surface area contributed by atoms with Crippen LogP contribution in [0.15, 0.2) is 60.7 Å². The first-order valence-electron chi connectivity index (χ1n) is 7.48. The van der Waals surface area contributed by atoms with Crippen LogP contribution in [0.3, 0.4) is 0 Å². The summed E-state index contributed by atoms with van der Waals surface area (Å²) in [5.41, 5.74) is 3.62. The summed E-state index contributed by atoms with van der Waals surface area (Å²) in [6, 6.07) is 15.6. The maximum atomic E-state index is 11.4. The second-order valence-corrected chi connectivity index (χ2v) is 5.02. The Morgan fingerprint density at radius 2 is 1.74 bits per heavy atom. The molecule has 1 aromatic heterocycles. The van der Waals surface area contributed by atoms with Crippen molar-refractivity contribution in [2.75, 3.05) is 6.61 Å². The third kappa shape index (κ3) is 3.45. The summed E-state index contributed by atoms with van der Waals surface area (Å²) in [6.07, 6.45) is 3.68. The number of carbonyl (C=O) groups excluding carboxylic acids is 1. The minimum Gasteiger partial charge on any atom is -0.462 e. The van der Waals surface area contributed by atoms with Gasteiger partial charge in [-0.15, -0.1) is 10.2 Å². The summed E-state index contributed by atoms with van der Waals surface area (Å²) >= 11 is 0. The first kappa shape index (κ1) is 15.0. The van der Waals surface area contributed by atoms with Gasteiger partial charge in [0.05, 0.1) is 12.3 Å². The summed E-state index contributed by atoms with van der Waals surface area (Å²) in [6.45, 7) is 2.10. The molecule has 0 amide bonds. The van der Waals surface area contributed by atoms with Gasteiger partial charge in [0.15, 0.2) is 0 Å². The Morgan fingerprint density at radius 3 is 2.43 bits per heavy atom. The van der Waals surface area contributed by atoms with E-state index in [2.05, 4.69) is 10.2 Å². The molecule has 1 heterocycles. The van der Waals surface area contributed by atoms with E-state index in [-0.39, 0.29) is 5.97 Å². The van der Waals surface area contributed by atoms with Gasteiger partial charge in [0.25, 0.3) is 0 Å². The van der Waals surface area contributed by atoms with Gasteiger partial charge in [0, 0.05) is 12.5 Å². The molecule has 0 aliphatic heterocycles. The predicted molar refractivity (Wildman–Crippen MR) is 88.3 cm³/mol. The van der Waals surface area contributed by atoms with Crippen molar-refractivity contribution < 1.29 is 9.53 Å². The summed E-state index contributed by atoms with van der Waals surface area (Å²) in [5, 5.41) is 9.01. The molecule has 116 valence electrons. The second-order valence-electron chi connectivity index (χ2n) is 5.02.